The summed E-state index contributed by atoms with van der Waals surface area (Å²) >= 11 is 0. The quantitative estimate of drug-likeness (QED) is 0.860. The minimum absolute atomic E-state index is 0.290. The SMILES string of the molecule is COC(Oc1cc(C(=O)O)ccc1C(F)(F)F)C(C)(C)C. The van der Waals surface area contributed by atoms with E-state index >= 15 is 0 Å². The van der Waals surface area contributed by atoms with Gasteiger partial charge < -0.3 is 14.6 Å². The fourth-order valence-electron chi connectivity index (χ4n) is 1.68. The molecular weight excluding hydrogens is 289 g/mol. The van der Waals surface area contributed by atoms with E-state index < -0.39 is 35.2 Å². The van der Waals surface area contributed by atoms with Gasteiger partial charge in [-0.3, -0.25) is 0 Å². The Balaban J connectivity index is 3.30. The zero-order valence-electron chi connectivity index (χ0n) is 12.1. The van der Waals surface area contributed by atoms with Crippen molar-refractivity contribution in [3.63, 3.8) is 0 Å². The van der Waals surface area contributed by atoms with Crippen LogP contribution in [-0.2, 0) is 10.9 Å². The van der Waals surface area contributed by atoms with Crippen molar-refractivity contribution in [2.24, 2.45) is 5.41 Å². The molecule has 0 aliphatic carbocycles. The minimum atomic E-state index is -4.65. The maximum atomic E-state index is 13.0. The number of alkyl halides is 3. The number of carboxylic acid groups (broad SMARTS) is 1. The van der Waals surface area contributed by atoms with Crippen LogP contribution in [0.3, 0.4) is 0 Å². The molecule has 0 radical (unpaired) electrons. The third kappa shape index (κ3) is 4.35. The summed E-state index contributed by atoms with van der Waals surface area (Å²) in [4.78, 5) is 10.9. The van der Waals surface area contributed by atoms with Gasteiger partial charge in [0.25, 0.3) is 0 Å². The van der Waals surface area contributed by atoms with Crippen molar-refractivity contribution in [2.45, 2.75) is 33.2 Å². The number of methoxy groups -OCH3 is 1. The molecule has 1 N–H and O–H groups in total. The molecule has 0 spiro atoms. The Morgan fingerprint density at radius 1 is 1.24 bits per heavy atom. The molecule has 0 aliphatic rings. The number of halogens is 3. The highest BCUT2D eigenvalue weighted by Gasteiger charge is 2.37. The average molecular weight is 306 g/mol. The second kappa shape index (κ2) is 5.93. The molecule has 0 bridgehead atoms. The first kappa shape index (κ1) is 17.3. The summed E-state index contributed by atoms with van der Waals surface area (Å²) in [6.45, 7) is 5.19. The van der Waals surface area contributed by atoms with E-state index in [-0.39, 0.29) is 5.56 Å². The standard InChI is InChI=1S/C14H17F3O4/c1-13(2,3)12(20-4)21-10-7-8(11(18)19)5-6-9(10)14(15,16)17/h5-7,12H,1-4H3,(H,18,19). The highest BCUT2D eigenvalue weighted by atomic mass is 19.4. The van der Waals surface area contributed by atoms with Gasteiger partial charge in [-0.25, -0.2) is 4.79 Å². The number of aromatic carboxylic acids is 1. The summed E-state index contributed by atoms with van der Waals surface area (Å²) < 4.78 is 49.2. The predicted octanol–water partition coefficient (Wildman–Crippen LogP) is 3.80. The number of benzene rings is 1. The van der Waals surface area contributed by atoms with Crippen molar-refractivity contribution >= 4 is 5.97 Å². The summed E-state index contributed by atoms with van der Waals surface area (Å²) in [7, 11) is 1.31. The maximum absolute atomic E-state index is 13.0. The number of ether oxygens (including phenoxy) is 2. The van der Waals surface area contributed by atoms with Gasteiger partial charge in [-0.05, 0) is 18.2 Å². The van der Waals surface area contributed by atoms with Crippen molar-refractivity contribution in [3.8, 4) is 5.75 Å². The fourth-order valence-corrected chi connectivity index (χ4v) is 1.68. The summed E-state index contributed by atoms with van der Waals surface area (Å²) in [6, 6.07) is 2.42. The van der Waals surface area contributed by atoms with Crippen LogP contribution in [0.25, 0.3) is 0 Å². The molecule has 7 heteroatoms. The van der Waals surface area contributed by atoms with Crippen LogP contribution in [0.15, 0.2) is 18.2 Å². The van der Waals surface area contributed by atoms with E-state index in [0.29, 0.717) is 6.07 Å². The summed E-state index contributed by atoms with van der Waals surface area (Å²) in [5, 5.41) is 8.89. The molecule has 0 aliphatic heterocycles. The lowest BCUT2D eigenvalue weighted by Gasteiger charge is -2.30. The molecule has 0 heterocycles. The Morgan fingerprint density at radius 2 is 1.81 bits per heavy atom. The Kier molecular flexibility index (Phi) is 4.88. The van der Waals surface area contributed by atoms with Crippen LogP contribution in [0.2, 0.25) is 0 Å². The second-order valence-electron chi connectivity index (χ2n) is 5.57. The van der Waals surface area contributed by atoms with E-state index in [1.165, 1.54) is 7.11 Å². The first-order valence-corrected chi connectivity index (χ1v) is 6.11. The van der Waals surface area contributed by atoms with E-state index in [1.54, 1.807) is 20.8 Å². The van der Waals surface area contributed by atoms with E-state index in [0.717, 1.165) is 12.1 Å². The van der Waals surface area contributed by atoms with Gasteiger partial charge in [-0.1, -0.05) is 20.8 Å². The Morgan fingerprint density at radius 3 is 2.19 bits per heavy atom. The molecule has 1 aromatic carbocycles. The van der Waals surface area contributed by atoms with Crippen LogP contribution in [0.4, 0.5) is 13.2 Å². The minimum Gasteiger partial charge on any atom is -0.478 e. The van der Waals surface area contributed by atoms with Gasteiger partial charge in [0.15, 0.2) is 0 Å². The van der Waals surface area contributed by atoms with Crippen molar-refractivity contribution in [2.75, 3.05) is 7.11 Å². The Labute approximate surface area is 120 Å². The molecule has 4 nitrogen and oxygen atoms in total. The van der Waals surface area contributed by atoms with E-state index in [2.05, 4.69) is 0 Å². The predicted molar refractivity (Wildman–Crippen MR) is 69.3 cm³/mol. The Hall–Kier alpha value is -1.76. The maximum Gasteiger partial charge on any atom is 0.419 e. The van der Waals surface area contributed by atoms with Crippen LogP contribution in [0.1, 0.15) is 36.7 Å². The van der Waals surface area contributed by atoms with Gasteiger partial charge in [0, 0.05) is 12.5 Å². The van der Waals surface area contributed by atoms with Crippen molar-refractivity contribution in [1.29, 1.82) is 0 Å². The second-order valence-corrected chi connectivity index (χ2v) is 5.57. The molecule has 0 saturated heterocycles. The van der Waals surface area contributed by atoms with Crippen LogP contribution < -0.4 is 4.74 Å². The highest BCUT2D eigenvalue weighted by Crippen LogP contribution is 2.38. The van der Waals surface area contributed by atoms with E-state index in [4.69, 9.17) is 14.6 Å². The number of carboxylic acids is 1. The third-order valence-electron chi connectivity index (χ3n) is 2.69. The van der Waals surface area contributed by atoms with Gasteiger partial charge in [0.1, 0.15) is 5.75 Å². The molecule has 0 amide bonds. The largest absolute Gasteiger partial charge is 0.478 e. The van der Waals surface area contributed by atoms with Crippen molar-refractivity contribution in [3.05, 3.63) is 29.3 Å². The molecule has 0 saturated carbocycles. The molecule has 1 unspecified atom stereocenters. The van der Waals surface area contributed by atoms with Crippen LogP contribution in [0, 0.1) is 5.41 Å². The molecule has 118 valence electrons. The molecule has 1 atom stereocenters. The zero-order valence-corrected chi connectivity index (χ0v) is 12.1. The highest BCUT2D eigenvalue weighted by molar-refractivity contribution is 5.88. The van der Waals surface area contributed by atoms with Crippen molar-refractivity contribution in [1.82, 2.24) is 0 Å². The monoisotopic (exact) mass is 306 g/mol. The lowest BCUT2D eigenvalue weighted by atomic mass is 9.96. The fraction of sp³-hybridized carbons (Fsp3) is 0.500. The molecule has 1 rings (SSSR count). The van der Waals surface area contributed by atoms with Crippen molar-refractivity contribution < 1.29 is 32.5 Å². The van der Waals surface area contributed by atoms with Crippen LogP contribution in [-0.4, -0.2) is 24.5 Å². The topological polar surface area (TPSA) is 55.8 Å². The molecule has 1 aromatic rings. The first-order valence-electron chi connectivity index (χ1n) is 6.11. The van der Waals surface area contributed by atoms with E-state index in [9.17, 15) is 18.0 Å². The number of rotatable bonds is 4. The average Bonchev–Trinajstić information content (AvgIpc) is 2.32. The third-order valence-corrected chi connectivity index (χ3v) is 2.69. The van der Waals surface area contributed by atoms with Gasteiger partial charge in [-0.2, -0.15) is 13.2 Å². The van der Waals surface area contributed by atoms with Crippen LogP contribution in [0.5, 0.6) is 5.75 Å². The van der Waals surface area contributed by atoms with E-state index in [1.807, 2.05) is 0 Å². The van der Waals surface area contributed by atoms with Gasteiger partial charge >= 0.3 is 12.1 Å². The molecule has 0 aromatic heterocycles. The molecular formula is C14H17F3O4. The Bertz CT molecular complexity index is 518. The summed E-state index contributed by atoms with van der Waals surface area (Å²) in [5.74, 6) is -1.90. The number of carbonyl (C=O) groups is 1. The van der Waals surface area contributed by atoms with Gasteiger partial charge in [-0.15, -0.1) is 0 Å². The number of hydrogen-bond donors (Lipinski definition) is 1. The van der Waals surface area contributed by atoms with Gasteiger partial charge in [0.2, 0.25) is 6.29 Å². The summed E-state index contributed by atoms with van der Waals surface area (Å²) in [6.07, 6.45) is -5.61. The lowest BCUT2D eigenvalue weighted by molar-refractivity contribution is -0.148. The first-order chi connectivity index (χ1) is 9.46. The van der Waals surface area contributed by atoms with Crippen LogP contribution >= 0.6 is 0 Å². The number of hydrogen-bond acceptors (Lipinski definition) is 3. The summed E-state index contributed by atoms with van der Waals surface area (Å²) in [5.41, 5.74) is -1.92. The molecule has 21 heavy (non-hydrogen) atoms. The lowest BCUT2D eigenvalue weighted by Crippen LogP contribution is -2.34. The molecule has 0 fully saturated rings. The van der Waals surface area contributed by atoms with Gasteiger partial charge in [0.05, 0.1) is 11.1 Å². The zero-order chi connectivity index (χ0) is 16.4. The normalized spacial score (nSPS) is 13.9. The smallest absolute Gasteiger partial charge is 0.419 e.